The number of amides is 3. The van der Waals surface area contributed by atoms with Crippen molar-refractivity contribution in [2.45, 2.75) is 261 Å². The molecule has 15 heteroatoms. The number of carbonyl (C=O) groups excluding carboxylic acids is 4. The van der Waals surface area contributed by atoms with E-state index < -0.39 is 0 Å². The lowest BCUT2D eigenvalue weighted by molar-refractivity contribution is -0.132. The Morgan fingerprint density at radius 2 is 1.34 bits per heavy atom. The molecule has 0 aliphatic carbocycles. The van der Waals surface area contributed by atoms with Crippen molar-refractivity contribution >= 4 is 76.0 Å². The molecule has 3 amide bonds. The van der Waals surface area contributed by atoms with Crippen LogP contribution in [0.3, 0.4) is 0 Å². The van der Waals surface area contributed by atoms with Gasteiger partial charge < -0.3 is 31.8 Å². The van der Waals surface area contributed by atoms with Crippen LogP contribution in [0.1, 0.15) is 260 Å². The summed E-state index contributed by atoms with van der Waals surface area (Å²) in [7, 11) is 0. The Kier molecular flexibility index (Phi) is 49.4. The third kappa shape index (κ3) is 38.4. The normalized spacial score (nSPS) is 13.6. The zero-order valence-electron chi connectivity index (χ0n) is 55.8. The number of thiazole rings is 1. The number of thioether (sulfide) groups is 1. The highest BCUT2D eigenvalue weighted by molar-refractivity contribution is 8.03. The molecule has 1 fully saturated rings. The molecule has 0 spiro atoms. The van der Waals surface area contributed by atoms with Gasteiger partial charge in [-0.1, -0.05) is 224 Å². The van der Waals surface area contributed by atoms with Gasteiger partial charge in [-0.05, 0) is 144 Å². The number of nitrogens with one attached hydrogen (secondary N) is 2. The van der Waals surface area contributed by atoms with Gasteiger partial charge in [0.25, 0.3) is 0 Å². The van der Waals surface area contributed by atoms with E-state index in [0.29, 0.717) is 40.0 Å². The fourth-order valence-corrected chi connectivity index (χ4v) is 12.3. The molecule has 1 aliphatic rings. The number of benzene rings is 2. The van der Waals surface area contributed by atoms with Crippen molar-refractivity contribution in [2.75, 3.05) is 32.7 Å². The zero-order valence-corrected chi connectivity index (χ0v) is 59.0. The summed E-state index contributed by atoms with van der Waals surface area (Å²) in [6, 6.07) is 14.5. The lowest BCUT2D eigenvalue weighted by atomic mass is 9.74. The molecule has 3 unspecified atom stereocenters. The maximum Gasteiger partial charge on any atom is 0.241 e. The molecule has 488 valence electrons. The predicted octanol–water partition coefficient (Wildman–Crippen LogP) is 19.8. The van der Waals surface area contributed by atoms with Crippen molar-refractivity contribution in [1.29, 1.82) is 0 Å². The van der Waals surface area contributed by atoms with Crippen LogP contribution in [0.4, 0.5) is 0 Å². The first-order valence-corrected chi connectivity index (χ1v) is 35.4. The highest BCUT2D eigenvalue weighted by atomic mass is 35.5. The molecule has 3 aromatic rings. The number of aryl methyl sites for hydroxylation is 1. The Hall–Kier alpha value is -4.01. The summed E-state index contributed by atoms with van der Waals surface area (Å²) in [5.74, 6) is 2.54. The quantitative estimate of drug-likeness (QED) is 0.0191. The first-order chi connectivity index (χ1) is 41.2. The maximum absolute atomic E-state index is 12.2. The smallest absolute Gasteiger partial charge is 0.241 e. The maximum atomic E-state index is 12.2. The molecular weight excluding hydrogens is 1150 g/mol. The molecule has 1 saturated heterocycles. The van der Waals surface area contributed by atoms with E-state index in [4.69, 9.17) is 39.5 Å². The third-order valence-corrected chi connectivity index (χ3v) is 18.5. The van der Waals surface area contributed by atoms with Gasteiger partial charge >= 0.3 is 0 Å². The number of allylic oxidation sites excluding steroid dienone is 2. The first kappa shape index (κ1) is 82.0. The number of aromatic nitrogens is 1. The van der Waals surface area contributed by atoms with Crippen molar-refractivity contribution in [2.24, 2.45) is 33.7 Å². The Bertz CT molecular complexity index is 2330. The number of rotatable bonds is 37. The van der Waals surface area contributed by atoms with Gasteiger partial charge in [-0.25, -0.2) is 9.98 Å². The van der Waals surface area contributed by atoms with Crippen molar-refractivity contribution in [1.82, 2.24) is 20.5 Å². The minimum absolute atomic E-state index is 0.00113. The number of hydrogen-bond acceptors (Lipinski definition) is 10. The second-order valence-electron chi connectivity index (χ2n) is 23.8. The highest BCUT2D eigenvalue weighted by Crippen LogP contribution is 2.41. The van der Waals surface area contributed by atoms with Crippen LogP contribution in [0.25, 0.3) is 10.4 Å². The fourth-order valence-electron chi connectivity index (χ4n) is 9.93. The molecule has 0 radical (unpaired) electrons. The van der Waals surface area contributed by atoms with E-state index in [0.717, 1.165) is 111 Å². The first-order valence-electron chi connectivity index (χ1n) is 32.9. The fraction of sp³-hybridized carbons (Fsp3) is 0.662. The Labute approximate surface area is 542 Å². The molecule has 2 heterocycles. The molecule has 2 aromatic carbocycles. The van der Waals surface area contributed by atoms with Crippen LogP contribution in [0, 0.1) is 24.2 Å². The van der Waals surface area contributed by atoms with Gasteiger partial charge in [-0.2, -0.15) is 0 Å². The van der Waals surface area contributed by atoms with E-state index in [-0.39, 0.29) is 30.2 Å². The molecule has 0 saturated carbocycles. The molecule has 1 aromatic heterocycles. The number of likely N-dealkylation sites (tertiary alicyclic amines) is 1. The molecule has 0 bridgehead atoms. The molecule has 11 nitrogen and oxygen atoms in total. The summed E-state index contributed by atoms with van der Waals surface area (Å²) >= 11 is 15.6. The monoisotopic (exact) mass is 1270 g/mol. The summed E-state index contributed by atoms with van der Waals surface area (Å²) in [4.78, 5) is 58.6. The number of aliphatic imine (C=N–C) groups is 1. The molecular formula is C71H119Cl2N7O4S2. The van der Waals surface area contributed by atoms with Crippen molar-refractivity contribution < 1.29 is 19.2 Å². The van der Waals surface area contributed by atoms with E-state index in [1.54, 1.807) is 23.5 Å². The molecule has 1 aliphatic heterocycles. The topological polar surface area (TPSA) is 173 Å². The summed E-state index contributed by atoms with van der Waals surface area (Å²) in [5.41, 5.74) is 19.3. The minimum atomic E-state index is -0.00113. The Morgan fingerprint density at radius 3 is 1.85 bits per heavy atom. The summed E-state index contributed by atoms with van der Waals surface area (Å²) in [6.07, 6.45) is 31.6. The Morgan fingerprint density at radius 1 is 0.791 bits per heavy atom. The van der Waals surface area contributed by atoms with Gasteiger partial charge in [0.1, 0.15) is 12.1 Å². The SMILES string of the molecule is C=C/C(C)=N\C(N)=C(\Sc1cccc(Cl)c1Cl)C(C)CC.CC(C)C.CC=O.CCCC(C)c1ccc(-c2scnc2C)cc1.CCCCCC(CN)(CCC)CCCCCC(=O)NCCCCCCCCCCCC(=O)NCC(=O)N1CCCC1. The number of hydrogen-bond donors (Lipinski definition) is 4. The highest BCUT2D eigenvalue weighted by Gasteiger charge is 2.26. The molecule has 4 rings (SSSR count). The lowest BCUT2D eigenvalue weighted by Gasteiger charge is -2.33. The van der Waals surface area contributed by atoms with E-state index in [2.05, 4.69) is 121 Å². The van der Waals surface area contributed by atoms with Crippen molar-refractivity contribution in [3.63, 3.8) is 0 Å². The summed E-state index contributed by atoms with van der Waals surface area (Å²) in [6.45, 7) is 32.3. The standard InChI is InChI=1S/C34H66N4O3.C16H20Cl2N2S.C15H19NS.C4H10.C2H4O/c1-3-5-16-24-34(30-35,23-4-2)25-17-13-15-21-31(39)36-26-18-12-10-8-6-7-9-11-14-22-32(40)37-29-33(41)38-27-19-20-28-38;1-5-10(3)15(16(19)20-11(4)6-2)21-13-9-7-8-12(17)14(13)18;1-4-5-11(2)13-6-8-14(9-7-13)15-12(3)16-10-17-15;1-4(2)3;1-2-3/h3-30,35H2,1-2H3,(H,36,39)(H,37,40);6-10H,2,5,19H2,1,3-4H3;6-11H,4-5H2,1-3H3;4H,1-3H3;2H,1H3/b;16-15+,20-11-;;;. The van der Waals surface area contributed by atoms with Gasteiger partial charge in [0.05, 0.1) is 32.7 Å². The van der Waals surface area contributed by atoms with Crippen LogP contribution >= 0.6 is 46.3 Å². The van der Waals surface area contributed by atoms with E-state index in [9.17, 15) is 14.4 Å². The predicted molar refractivity (Wildman–Crippen MR) is 376 cm³/mol. The average molecular weight is 1270 g/mol. The summed E-state index contributed by atoms with van der Waals surface area (Å²) in [5, 5.41) is 6.96. The minimum Gasteiger partial charge on any atom is -0.383 e. The zero-order chi connectivity index (χ0) is 64.5. The number of carbonyl (C=O) groups is 4. The van der Waals surface area contributed by atoms with E-state index >= 15 is 0 Å². The number of halogens is 2. The average Bonchev–Trinajstić information content (AvgIpc) is 4.36. The second kappa shape index (κ2) is 51.8. The van der Waals surface area contributed by atoms with Crippen LogP contribution in [0.5, 0.6) is 0 Å². The van der Waals surface area contributed by atoms with E-state index in [1.807, 2.05) is 29.5 Å². The van der Waals surface area contributed by atoms with Gasteiger partial charge in [-0.15, -0.1) is 11.3 Å². The van der Waals surface area contributed by atoms with Crippen molar-refractivity contribution in [3.8, 4) is 10.4 Å². The number of nitrogens with two attached hydrogens (primary N) is 2. The van der Waals surface area contributed by atoms with Crippen LogP contribution in [-0.4, -0.2) is 72.3 Å². The van der Waals surface area contributed by atoms with E-state index in [1.165, 1.54) is 137 Å². The number of nitrogens with zero attached hydrogens (tertiary/aromatic N) is 3. The third-order valence-electron chi connectivity index (χ3n) is 15.2. The van der Waals surface area contributed by atoms with Gasteiger partial charge in [0.15, 0.2) is 0 Å². The van der Waals surface area contributed by atoms with Gasteiger partial charge in [-0.3, -0.25) is 14.4 Å². The van der Waals surface area contributed by atoms with Gasteiger partial charge in [0.2, 0.25) is 17.7 Å². The van der Waals surface area contributed by atoms with Crippen LogP contribution in [0.2, 0.25) is 10.0 Å². The number of aldehydes is 1. The van der Waals surface area contributed by atoms with Crippen LogP contribution in [0.15, 0.2) is 81.2 Å². The van der Waals surface area contributed by atoms with Crippen molar-refractivity contribution in [3.05, 3.63) is 92.7 Å². The molecule has 6 N–H and O–H groups in total. The summed E-state index contributed by atoms with van der Waals surface area (Å²) < 4.78 is 0. The largest absolute Gasteiger partial charge is 0.383 e. The molecule has 86 heavy (non-hydrogen) atoms. The molecule has 3 atom stereocenters. The lowest BCUT2D eigenvalue weighted by Crippen LogP contribution is -2.38. The van der Waals surface area contributed by atoms with Crippen LogP contribution < -0.4 is 22.1 Å². The van der Waals surface area contributed by atoms with Gasteiger partial charge in [0, 0.05) is 48.0 Å². The Balaban J connectivity index is 0.00000132. The number of unbranched alkanes of at least 4 members (excludes halogenated alkanes) is 12. The van der Waals surface area contributed by atoms with Crippen LogP contribution in [-0.2, 0) is 19.2 Å². The second-order valence-corrected chi connectivity index (χ2v) is 26.6.